The van der Waals surface area contributed by atoms with Crippen molar-refractivity contribution >= 4 is 29.4 Å². The first-order valence-corrected chi connectivity index (χ1v) is 18.4. The maximum atomic E-state index is 13.6. The zero-order valence-electron chi connectivity index (χ0n) is 32.8. The van der Waals surface area contributed by atoms with E-state index in [4.69, 9.17) is 15.0 Å². The fourth-order valence-corrected chi connectivity index (χ4v) is 6.80. The van der Waals surface area contributed by atoms with Crippen molar-refractivity contribution in [3.8, 4) is 39.9 Å². The van der Waals surface area contributed by atoms with E-state index in [1.165, 1.54) is 0 Å². The lowest BCUT2D eigenvalue weighted by Gasteiger charge is -2.24. The number of rotatable bonds is 8. The summed E-state index contributed by atoms with van der Waals surface area (Å²) in [5.41, 5.74) is 9.52. The molecule has 1 aromatic heterocycles. The minimum Gasteiger partial charge on any atom is -0.507 e. The molecule has 2 N–H and O–H groups in total. The Balaban J connectivity index is 1.32. The van der Waals surface area contributed by atoms with Gasteiger partial charge in [-0.3, -0.25) is 14.4 Å². The largest absolute Gasteiger partial charge is 0.507 e. The summed E-state index contributed by atoms with van der Waals surface area (Å²) in [6, 6.07) is 23.3. The molecule has 0 aliphatic carbocycles. The summed E-state index contributed by atoms with van der Waals surface area (Å²) in [5, 5.41) is 14.5. The first-order valence-electron chi connectivity index (χ1n) is 18.4. The van der Waals surface area contributed by atoms with Crippen LogP contribution in [-0.2, 0) is 26.2 Å². The van der Waals surface area contributed by atoms with Gasteiger partial charge in [0.1, 0.15) is 5.75 Å². The number of hydrogen-bond donors (Lipinski definition) is 2. The highest BCUT2D eigenvalue weighted by atomic mass is 16.3. The van der Waals surface area contributed by atoms with E-state index in [2.05, 4.69) is 24.0 Å². The molecule has 0 bridgehead atoms. The topological polar surface area (TPSA) is 125 Å². The Morgan fingerprint density at radius 3 is 1.87 bits per heavy atom. The molecule has 2 heterocycles. The number of hydrogen-bond acceptors (Lipinski definition) is 7. The SMILES string of the molecule is C=C1CC(=O)/C(=C\c2ccc(N(C)C(=O)CCc3cc(-c4nc(-c5ccc(C)cc5C)nc(-c5ccc(C)cc5C)n4)c(O)c(C(C)(C)C)c3)cc2)C(=O)N1. The predicted molar refractivity (Wildman–Crippen MR) is 219 cm³/mol. The summed E-state index contributed by atoms with van der Waals surface area (Å²) >= 11 is 0. The molecule has 0 spiro atoms. The average molecular weight is 734 g/mol. The Labute approximate surface area is 322 Å². The van der Waals surface area contributed by atoms with Gasteiger partial charge in [0.05, 0.1) is 17.6 Å². The molecule has 1 fully saturated rings. The number of allylic oxidation sites excluding steroid dienone is 1. The molecule has 6 rings (SSSR count). The van der Waals surface area contributed by atoms with Crippen molar-refractivity contribution < 1.29 is 19.5 Å². The number of aryl methyl sites for hydroxylation is 5. The van der Waals surface area contributed by atoms with Gasteiger partial charge in [0.15, 0.2) is 23.3 Å². The molecule has 1 aliphatic heterocycles. The minimum absolute atomic E-state index is 0.0740. The van der Waals surface area contributed by atoms with Crippen LogP contribution in [0, 0.1) is 27.7 Å². The number of phenols is 1. The monoisotopic (exact) mass is 733 g/mol. The fourth-order valence-electron chi connectivity index (χ4n) is 6.80. The Morgan fingerprint density at radius 1 is 0.818 bits per heavy atom. The van der Waals surface area contributed by atoms with E-state index in [1.54, 1.807) is 42.3 Å². The van der Waals surface area contributed by atoms with Crippen LogP contribution in [0.1, 0.15) is 72.6 Å². The van der Waals surface area contributed by atoms with Gasteiger partial charge in [-0.05, 0) is 86.1 Å². The molecular weight excluding hydrogens is 687 g/mol. The van der Waals surface area contributed by atoms with E-state index in [0.717, 1.165) is 44.5 Å². The molecule has 1 saturated heterocycles. The third kappa shape index (κ3) is 8.46. The van der Waals surface area contributed by atoms with E-state index < -0.39 is 11.3 Å². The zero-order chi connectivity index (χ0) is 39.8. The van der Waals surface area contributed by atoms with E-state index in [0.29, 0.717) is 46.4 Å². The number of anilines is 1. The van der Waals surface area contributed by atoms with E-state index in [-0.39, 0.29) is 35.9 Å². The van der Waals surface area contributed by atoms with Crippen LogP contribution in [0.5, 0.6) is 5.75 Å². The first kappa shape index (κ1) is 38.5. The van der Waals surface area contributed by atoms with E-state index >= 15 is 0 Å². The maximum Gasteiger partial charge on any atom is 0.259 e. The second kappa shape index (κ2) is 15.3. The average Bonchev–Trinajstić information content (AvgIpc) is 3.11. The van der Waals surface area contributed by atoms with Gasteiger partial charge in [-0.2, -0.15) is 0 Å². The van der Waals surface area contributed by atoms with Crippen molar-refractivity contribution in [1.29, 1.82) is 0 Å². The maximum absolute atomic E-state index is 13.6. The summed E-state index contributed by atoms with van der Waals surface area (Å²) in [7, 11) is 1.72. The van der Waals surface area contributed by atoms with Crippen molar-refractivity contribution in [3.63, 3.8) is 0 Å². The lowest BCUT2D eigenvalue weighted by Crippen LogP contribution is -2.34. The molecule has 0 radical (unpaired) electrons. The van der Waals surface area contributed by atoms with Gasteiger partial charge >= 0.3 is 0 Å². The lowest BCUT2D eigenvalue weighted by molar-refractivity contribution is -0.123. The molecule has 9 heteroatoms. The lowest BCUT2D eigenvalue weighted by atomic mass is 9.83. The van der Waals surface area contributed by atoms with Crippen LogP contribution in [0.3, 0.4) is 0 Å². The van der Waals surface area contributed by atoms with Gasteiger partial charge in [-0.15, -0.1) is 0 Å². The number of carbonyl (C=O) groups excluding carboxylic acids is 3. The molecule has 4 aromatic carbocycles. The normalized spacial score (nSPS) is 14.0. The molecule has 0 saturated carbocycles. The highest BCUT2D eigenvalue weighted by molar-refractivity contribution is 6.25. The number of nitrogens with zero attached hydrogens (tertiary/aromatic N) is 4. The molecule has 55 heavy (non-hydrogen) atoms. The van der Waals surface area contributed by atoms with Crippen LogP contribution in [-0.4, -0.2) is 44.7 Å². The smallest absolute Gasteiger partial charge is 0.259 e. The Hall–Kier alpha value is -6.22. The van der Waals surface area contributed by atoms with Crippen molar-refractivity contribution in [2.75, 3.05) is 11.9 Å². The molecule has 5 aromatic rings. The standard InChI is InChI=1S/C46H47N5O4/c1-26-10-17-34(28(3)20-26)42-48-43(35-18-11-27(2)21-29(35)4)50-44(49-42)37-24-32(25-38(41(37)54)46(6,7)8)14-19-40(53)51(9)33-15-12-31(13-16-33)23-36-39(52)22-30(5)47-45(36)55/h10-13,15-18,20-21,23-25,54H,5,14,19,22H2,1-4,6-9H3,(H,47,55)/b36-23+. The Kier molecular flexibility index (Phi) is 10.7. The number of Topliss-reactive ketones (excluding diaryl/α,β-unsaturated/α-hetero) is 1. The van der Waals surface area contributed by atoms with Crippen LogP contribution >= 0.6 is 0 Å². The number of aromatic nitrogens is 3. The quantitative estimate of drug-likeness (QED) is 0.121. The van der Waals surface area contributed by atoms with E-state index in [9.17, 15) is 19.5 Å². The minimum atomic E-state index is -0.469. The van der Waals surface area contributed by atoms with Crippen LogP contribution in [0.25, 0.3) is 40.2 Å². The van der Waals surface area contributed by atoms with Crippen molar-refractivity contribution in [3.05, 3.63) is 130 Å². The number of benzene rings is 4. The highest BCUT2D eigenvalue weighted by Crippen LogP contribution is 2.40. The van der Waals surface area contributed by atoms with Crippen LogP contribution in [0.4, 0.5) is 5.69 Å². The van der Waals surface area contributed by atoms with Crippen LogP contribution in [0.15, 0.2) is 90.6 Å². The summed E-state index contributed by atoms with van der Waals surface area (Å²) in [4.78, 5) is 54.8. The Morgan fingerprint density at radius 2 is 1.36 bits per heavy atom. The van der Waals surface area contributed by atoms with Gasteiger partial charge in [0, 0.05) is 41.5 Å². The molecule has 2 amide bonds. The van der Waals surface area contributed by atoms with Gasteiger partial charge < -0.3 is 15.3 Å². The fraction of sp³-hybridized carbons (Fsp3) is 0.261. The molecule has 1 aliphatic rings. The Bertz CT molecular complexity index is 2310. The summed E-state index contributed by atoms with van der Waals surface area (Å²) in [6.07, 6.45) is 2.23. The van der Waals surface area contributed by atoms with Crippen LogP contribution in [0.2, 0.25) is 0 Å². The number of phenolic OH excluding ortho intramolecular Hbond substituents is 1. The van der Waals surface area contributed by atoms with Gasteiger partial charge in [-0.1, -0.05) is 93.1 Å². The van der Waals surface area contributed by atoms with Crippen molar-refractivity contribution in [1.82, 2.24) is 20.3 Å². The summed E-state index contributed by atoms with van der Waals surface area (Å²) < 4.78 is 0. The molecule has 9 nitrogen and oxygen atoms in total. The van der Waals surface area contributed by atoms with Gasteiger partial charge in [0.25, 0.3) is 5.91 Å². The second-order valence-corrected chi connectivity index (χ2v) is 15.5. The first-order chi connectivity index (χ1) is 26.0. The van der Waals surface area contributed by atoms with Crippen molar-refractivity contribution in [2.45, 2.75) is 73.1 Å². The zero-order valence-corrected chi connectivity index (χ0v) is 32.8. The van der Waals surface area contributed by atoms with Gasteiger partial charge in [0.2, 0.25) is 5.91 Å². The molecular formula is C46H47N5O4. The second-order valence-electron chi connectivity index (χ2n) is 15.5. The number of ketones is 1. The number of piperidine rings is 1. The molecule has 0 unspecified atom stereocenters. The van der Waals surface area contributed by atoms with Gasteiger partial charge in [-0.25, -0.2) is 15.0 Å². The predicted octanol–water partition coefficient (Wildman–Crippen LogP) is 8.69. The summed E-state index contributed by atoms with van der Waals surface area (Å²) in [5.74, 6) is 0.612. The number of aromatic hydroxyl groups is 1. The highest BCUT2D eigenvalue weighted by Gasteiger charge is 2.26. The number of amides is 2. The summed E-state index contributed by atoms with van der Waals surface area (Å²) in [6.45, 7) is 18.0. The third-order valence-corrected chi connectivity index (χ3v) is 9.90. The van der Waals surface area contributed by atoms with Crippen LogP contribution < -0.4 is 10.2 Å². The number of nitrogens with one attached hydrogen (secondary N) is 1. The van der Waals surface area contributed by atoms with Crippen molar-refractivity contribution in [2.24, 2.45) is 0 Å². The third-order valence-electron chi connectivity index (χ3n) is 9.90. The number of carbonyl (C=O) groups is 3. The molecule has 280 valence electrons. The molecule has 0 atom stereocenters. The van der Waals surface area contributed by atoms with E-state index in [1.807, 2.05) is 84.9 Å².